The molecule has 0 unspecified atom stereocenters. The predicted molar refractivity (Wildman–Crippen MR) is 221 cm³/mol. The summed E-state index contributed by atoms with van der Waals surface area (Å²) in [5.74, 6) is 1.19. The van der Waals surface area contributed by atoms with Crippen LogP contribution >= 0.6 is 8.60 Å². The fourth-order valence-corrected chi connectivity index (χ4v) is 8.17. The Morgan fingerprint density at radius 2 is 1.47 bits per heavy atom. The molecule has 0 aliphatic carbocycles. The minimum absolute atomic E-state index is 0.0679. The number of hydrogen-bond acceptors (Lipinski definition) is 6. The molecule has 55 heavy (non-hydrogen) atoms. The number of aromatic nitrogens is 2. The van der Waals surface area contributed by atoms with Gasteiger partial charge in [0, 0.05) is 40.2 Å². The Morgan fingerprint density at radius 3 is 2.11 bits per heavy atom. The van der Waals surface area contributed by atoms with Crippen LogP contribution in [0.15, 0.2) is 138 Å². The van der Waals surface area contributed by atoms with Gasteiger partial charge in [-0.1, -0.05) is 105 Å². The maximum absolute atomic E-state index is 14.8. The number of methoxy groups -OCH3 is 1. The Bertz CT molecular complexity index is 2360. The molecule has 0 radical (unpaired) electrons. The lowest BCUT2D eigenvalue weighted by atomic mass is 9.78. The van der Waals surface area contributed by atoms with Crippen molar-refractivity contribution in [2.75, 3.05) is 7.11 Å². The average Bonchev–Trinajstić information content (AvgIpc) is 3.87. The van der Waals surface area contributed by atoms with E-state index in [-0.39, 0.29) is 12.3 Å². The van der Waals surface area contributed by atoms with E-state index < -0.39 is 14.0 Å². The minimum Gasteiger partial charge on any atom is -0.494 e. The first-order valence-electron chi connectivity index (χ1n) is 18.4. The minimum atomic E-state index is -1.81. The van der Waals surface area contributed by atoms with Crippen molar-refractivity contribution in [3.8, 4) is 5.75 Å². The summed E-state index contributed by atoms with van der Waals surface area (Å²) in [5, 5.41) is 0.948. The number of rotatable bonds is 14. The van der Waals surface area contributed by atoms with Crippen LogP contribution in [0.5, 0.6) is 5.75 Å². The second kappa shape index (κ2) is 16.5. The van der Waals surface area contributed by atoms with Crippen molar-refractivity contribution in [3.05, 3.63) is 178 Å². The highest BCUT2D eigenvalue weighted by Gasteiger charge is 2.33. The number of hydrogen-bond donors (Lipinski definition) is 1. The zero-order chi connectivity index (χ0) is 38.5. The molecule has 7 rings (SSSR count). The van der Waals surface area contributed by atoms with Gasteiger partial charge in [0.05, 0.1) is 37.2 Å². The number of fused-ring (bicyclic) bond motifs is 1. The fourth-order valence-electron chi connectivity index (χ4n) is 7.16. The van der Waals surface area contributed by atoms with Crippen molar-refractivity contribution < 1.29 is 23.1 Å². The highest BCUT2D eigenvalue weighted by Crippen LogP contribution is 2.47. The lowest BCUT2D eigenvalue weighted by Gasteiger charge is -2.30. The van der Waals surface area contributed by atoms with Crippen molar-refractivity contribution in [2.24, 2.45) is 4.99 Å². The Balaban J connectivity index is 1.20. The molecule has 0 saturated heterocycles. The summed E-state index contributed by atoms with van der Waals surface area (Å²) in [4.78, 5) is 23.2. The second-order valence-corrected chi connectivity index (χ2v) is 15.6. The van der Waals surface area contributed by atoms with Crippen LogP contribution < -0.4 is 4.52 Å². The topological polar surface area (TPSA) is 87.1 Å². The standard InChI is InChI=1S/C46H46N3O5P/c1-31-16-15-23-42(54-55(52-29-34-17-9-7-10-18-34)53-30-35-19-11-8-12-20-35)45(31)46(4,5)28-44(50)49-40-22-14-13-21-36(40)25-41(49)38-27-43(51-6)39(48-38)26-37-32(2)24-33(3)47-37/h7-27,47H,28-30H2,1-6H3/b39-26+. The number of para-hydroxylation sites is 1. The number of aliphatic imine (C=N–C) groups is 1. The van der Waals surface area contributed by atoms with Crippen molar-refractivity contribution >= 4 is 37.2 Å². The molecular formula is C46H46N3O5P. The van der Waals surface area contributed by atoms with Crippen molar-refractivity contribution in [3.63, 3.8) is 0 Å². The molecule has 0 bridgehead atoms. The third kappa shape index (κ3) is 8.58. The molecule has 4 aromatic carbocycles. The summed E-state index contributed by atoms with van der Waals surface area (Å²) in [6.45, 7) is 11.0. The maximum Gasteiger partial charge on any atom is 0.397 e. The number of aromatic amines is 1. The van der Waals surface area contributed by atoms with E-state index in [1.807, 2.05) is 135 Å². The molecule has 1 N–H and O–H groups in total. The molecule has 2 aromatic heterocycles. The third-order valence-corrected chi connectivity index (χ3v) is 10.7. The molecular weight excluding hydrogens is 705 g/mol. The number of allylic oxidation sites excluding steroid dienone is 1. The molecule has 8 nitrogen and oxygen atoms in total. The Hall–Kier alpha value is -5.53. The van der Waals surface area contributed by atoms with E-state index in [9.17, 15) is 4.79 Å². The van der Waals surface area contributed by atoms with Gasteiger partial charge in [0.25, 0.3) is 0 Å². The number of nitrogens with zero attached hydrogens (tertiary/aromatic N) is 2. The average molecular weight is 752 g/mol. The first kappa shape index (κ1) is 37.8. The van der Waals surface area contributed by atoms with Gasteiger partial charge in [0.1, 0.15) is 17.2 Å². The van der Waals surface area contributed by atoms with Crippen LogP contribution in [0, 0.1) is 20.8 Å². The molecule has 1 aliphatic heterocycles. The van der Waals surface area contributed by atoms with Gasteiger partial charge >= 0.3 is 8.60 Å². The van der Waals surface area contributed by atoms with E-state index in [4.69, 9.17) is 23.3 Å². The normalized spacial score (nSPS) is 13.8. The zero-order valence-corrected chi connectivity index (χ0v) is 33.0. The summed E-state index contributed by atoms with van der Waals surface area (Å²) in [6.07, 6.45) is 4.08. The highest BCUT2D eigenvalue weighted by molar-refractivity contribution is 7.42. The van der Waals surface area contributed by atoms with E-state index in [1.165, 1.54) is 0 Å². The van der Waals surface area contributed by atoms with Gasteiger partial charge in [-0.2, -0.15) is 0 Å². The zero-order valence-electron chi connectivity index (χ0n) is 32.1. The number of benzene rings is 4. The summed E-state index contributed by atoms with van der Waals surface area (Å²) >= 11 is 0. The van der Waals surface area contributed by atoms with Crippen LogP contribution in [-0.4, -0.2) is 28.3 Å². The first-order valence-corrected chi connectivity index (χ1v) is 19.5. The SMILES string of the molecule is COC1=CC(c2cc3ccccc3n2C(=O)CC(C)(C)c2c(C)cccc2OP(OCc2ccccc2)OCc2ccccc2)=N/C1=C/c1[nH]c(C)cc1C. The molecule has 3 heterocycles. The van der Waals surface area contributed by atoms with E-state index in [0.29, 0.717) is 41.8 Å². The molecule has 0 atom stereocenters. The van der Waals surface area contributed by atoms with E-state index >= 15 is 0 Å². The molecule has 1 aliphatic rings. The van der Waals surface area contributed by atoms with Gasteiger partial charge < -0.3 is 14.2 Å². The number of nitrogens with one attached hydrogen (secondary N) is 1. The van der Waals surface area contributed by atoms with Crippen LogP contribution in [-0.2, 0) is 32.4 Å². The van der Waals surface area contributed by atoms with E-state index in [0.717, 1.165) is 50.1 Å². The predicted octanol–water partition coefficient (Wildman–Crippen LogP) is 11.3. The molecule has 0 saturated carbocycles. The van der Waals surface area contributed by atoms with E-state index in [1.54, 1.807) is 11.7 Å². The molecule has 0 fully saturated rings. The lowest BCUT2D eigenvalue weighted by molar-refractivity contribution is 0.0880. The largest absolute Gasteiger partial charge is 0.494 e. The van der Waals surface area contributed by atoms with Crippen molar-refractivity contribution in [2.45, 2.75) is 59.7 Å². The van der Waals surface area contributed by atoms with Crippen LogP contribution in [0.3, 0.4) is 0 Å². The van der Waals surface area contributed by atoms with Crippen LogP contribution in [0.1, 0.15) is 70.0 Å². The lowest BCUT2D eigenvalue weighted by Crippen LogP contribution is -2.28. The van der Waals surface area contributed by atoms with Gasteiger partial charge in [0.15, 0.2) is 0 Å². The number of ether oxygens (including phenoxy) is 1. The third-order valence-electron chi connectivity index (χ3n) is 9.71. The van der Waals surface area contributed by atoms with Crippen LogP contribution in [0.25, 0.3) is 17.0 Å². The molecule has 280 valence electrons. The van der Waals surface area contributed by atoms with Gasteiger partial charge in [-0.05, 0) is 73.4 Å². The Labute approximate surface area is 324 Å². The van der Waals surface area contributed by atoms with Crippen molar-refractivity contribution in [1.29, 1.82) is 0 Å². The van der Waals surface area contributed by atoms with Crippen LogP contribution in [0.2, 0.25) is 0 Å². The van der Waals surface area contributed by atoms with Crippen LogP contribution in [0.4, 0.5) is 0 Å². The maximum atomic E-state index is 14.8. The van der Waals surface area contributed by atoms with Gasteiger partial charge in [-0.25, -0.2) is 4.99 Å². The summed E-state index contributed by atoms with van der Waals surface area (Å²) < 4.78 is 26.9. The summed E-state index contributed by atoms with van der Waals surface area (Å²) in [6, 6.07) is 38.0. The van der Waals surface area contributed by atoms with Gasteiger partial charge in [0.2, 0.25) is 5.91 Å². The molecule has 0 amide bonds. The number of carbonyl (C=O) groups is 1. The highest BCUT2D eigenvalue weighted by atomic mass is 31.2. The monoisotopic (exact) mass is 751 g/mol. The molecule has 9 heteroatoms. The number of aryl methyl sites for hydroxylation is 3. The Kier molecular flexibility index (Phi) is 11.3. The second-order valence-electron chi connectivity index (χ2n) is 14.4. The molecule has 6 aromatic rings. The van der Waals surface area contributed by atoms with Gasteiger partial charge in [-0.15, -0.1) is 0 Å². The quantitative estimate of drug-likeness (QED) is 0.112. The van der Waals surface area contributed by atoms with E-state index in [2.05, 4.69) is 31.8 Å². The molecule has 0 spiro atoms. The number of H-pyrrole nitrogens is 1. The summed E-state index contributed by atoms with van der Waals surface area (Å²) in [7, 11) is -0.173. The fraction of sp³-hybridized carbons (Fsp3) is 0.217. The summed E-state index contributed by atoms with van der Waals surface area (Å²) in [5.41, 5.74) is 9.32. The first-order chi connectivity index (χ1) is 26.6. The smallest absolute Gasteiger partial charge is 0.397 e. The van der Waals surface area contributed by atoms with Crippen molar-refractivity contribution in [1.82, 2.24) is 9.55 Å². The Morgan fingerprint density at radius 1 is 0.818 bits per heavy atom. The van der Waals surface area contributed by atoms with Gasteiger partial charge in [-0.3, -0.25) is 18.4 Å². The number of carbonyl (C=O) groups excluding carboxylic acids is 1.